The Morgan fingerprint density at radius 2 is 1.92 bits per heavy atom. The van der Waals surface area contributed by atoms with Gasteiger partial charge >= 0.3 is 12.0 Å². The quantitative estimate of drug-likeness (QED) is 0.585. The van der Waals surface area contributed by atoms with Gasteiger partial charge in [0.1, 0.15) is 5.52 Å². The summed E-state index contributed by atoms with van der Waals surface area (Å²) in [6.45, 7) is 5.01. The molecule has 7 heteroatoms. The van der Waals surface area contributed by atoms with Crippen LogP contribution >= 0.6 is 15.9 Å². The fraction of sp³-hybridized carbons (Fsp3) is 0.263. The standard InChI is InChI=1S/C19H20BrN3O3/c1-3-25-18(24)15-6-5-7-16-17(15)23(19(22-16)26-4-2)21-12-13-8-10-14(20)11-9-13/h5-11,21H,3-4,12H2,1-2H3. The monoisotopic (exact) mass is 417 g/mol. The highest BCUT2D eigenvalue weighted by Crippen LogP contribution is 2.25. The van der Waals surface area contributed by atoms with E-state index in [1.54, 1.807) is 23.7 Å². The van der Waals surface area contributed by atoms with Gasteiger partial charge < -0.3 is 14.9 Å². The van der Waals surface area contributed by atoms with E-state index >= 15 is 0 Å². The fourth-order valence-electron chi connectivity index (χ4n) is 2.62. The van der Waals surface area contributed by atoms with E-state index in [-0.39, 0.29) is 5.97 Å². The Kier molecular flexibility index (Phi) is 5.78. The SMILES string of the molecule is CCOC(=O)c1cccc2nc(OCC)n(NCc3ccc(Br)cc3)c12. The second-order valence-electron chi connectivity index (χ2n) is 5.52. The summed E-state index contributed by atoms with van der Waals surface area (Å²) in [6, 6.07) is 13.8. The first kappa shape index (κ1) is 18.3. The van der Waals surface area contributed by atoms with Crippen LogP contribution in [-0.2, 0) is 11.3 Å². The minimum Gasteiger partial charge on any atom is -0.464 e. The number of nitrogens with zero attached hydrogens (tertiary/aromatic N) is 2. The number of esters is 1. The number of rotatable bonds is 7. The number of carbonyl (C=O) groups is 1. The van der Waals surface area contributed by atoms with Crippen LogP contribution in [0.15, 0.2) is 46.9 Å². The molecule has 0 saturated heterocycles. The molecule has 0 fully saturated rings. The average molecular weight is 418 g/mol. The zero-order chi connectivity index (χ0) is 18.5. The minimum absolute atomic E-state index is 0.313. The van der Waals surface area contributed by atoms with Crippen LogP contribution in [0.5, 0.6) is 6.01 Å². The maximum Gasteiger partial charge on any atom is 0.340 e. The lowest BCUT2D eigenvalue weighted by molar-refractivity contribution is 0.0528. The number of para-hydroxylation sites is 1. The molecule has 1 aromatic heterocycles. The van der Waals surface area contributed by atoms with Gasteiger partial charge in [-0.3, -0.25) is 0 Å². The molecule has 6 nitrogen and oxygen atoms in total. The maximum absolute atomic E-state index is 12.4. The van der Waals surface area contributed by atoms with Crippen molar-refractivity contribution < 1.29 is 14.3 Å². The molecule has 136 valence electrons. The van der Waals surface area contributed by atoms with Crippen molar-refractivity contribution in [2.24, 2.45) is 0 Å². The third kappa shape index (κ3) is 3.83. The highest BCUT2D eigenvalue weighted by molar-refractivity contribution is 9.10. The molecule has 0 unspecified atom stereocenters. The number of fused-ring (bicyclic) bond motifs is 1. The van der Waals surface area contributed by atoms with E-state index in [2.05, 4.69) is 26.3 Å². The lowest BCUT2D eigenvalue weighted by atomic mass is 10.2. The van der Waals surface area contributed by atoms with Gasteiger partial charge in [0, 0.05) is 4.47 Å². The molecular weight excluding hydrogens is 398 g/mol. The Morgan fingerprint density at radius 3 is 2.62 bits per heavy atom. The maximum atomic E-state index is 12.4. The van der Waals surface area contributed by atoms with Gasteiger partial charge in [0.05, 0.1) is 30.8 Å². The Bertz CT molecular complexity index is 906. The van der Waals surface area contributed by atoms with Crippen LogP contribution in [-0.4, -0.2) is 28.8 Å². The van der Waals surface area contributed by atoms with Crippen LogP contribution in [0.3, 0.4) is 0 Å². The Morgan fingerprint density at radius 1 is 1.15 bits per heavy atom. The van der Waals surface area contributed by atoms with Crippen molar-refractivity contribution in [2.75, 3.05) is 18.6 Å². The fourth-order valence-corrected chi connectivity index (χ4v) is 2.89. The number of halogens is 1. The third-order valence-corrected chi connectivity index (χ3v) is 4.30. The number of benzene rings is 2. The molecule has 3 aromatic rings. The van der Waals surface area contributed by atoms with Crippen LogP contribution in [0.1, 0.15) is 29.8 Å². The highest BCUT2D eigenvalue weighted by Gasteiger charge is 2.19. The van der Waals surface area contributed by atoms with E-state index in [4.69, 9.17) is 9.47 Å². The third-order valence-electron chi connectivity index (χ3n) is 3.77. The molecule has 0 amide bonds. The number of ether oxygens (including phenoxy) is 2. The van der Waals surface area contributed by atoms with E-state index in [0.29, 0.717) is 42.4 Å². The van der Waals surface area contributed by atoms with Gasteiger partial charge in [0.2, 0.25) is 0 Å². The predicted molar refractivity (Wildman–Crippen MR) is 104 cm³/mol. The van der Waals surface area contributed by atoms with Gasteiger partial charge in [-0.2, -0.15) is 4.98 Å². The van der Waals surface area contributed by atoms with Crippen LogP contribution in [0.4, 0.5) is 0 Å². The van der Waals surface area contributed by atoms with Crippen molar-refractivity contribution >= 4 is 32.9 Å². The highest BCUT2D eigenvalue weighted by atomic mass is 79.9. The summed E-state index contributed by atoms with van der Waals surface area (Å²) in [4.78, 5) is 16.8. The first-order valence-electron chi connectivity index (χ1n) is 8.43. The van der Waals surface area contributed by atoms with Gasteiger partial charge in [-0.25, -0.2) is 9.47 Å². The Balaban J connectivity index is 2.01. The van der Waals surface area contributed by atoms with Gasteiger partial charge in [-0.15, -0.1) is 0 Å². The molecule has 0 radical (unpaired) electrons. The topological polar surface area (TPSA) is 65.4 Å². The van der Waals surface area contributed by atoms with E-state index in [1.165, 1.54) is 0 Å². The molecular formula is C19H20BrN3O3. The summed E-state index contributed by atoms with van der Waals surface area (Å²) in [5, 5.41) is 0. The molecule has 0 aliphatic heterocycles. The first-order chi connectivity index (χ1) is 12.6. The normalized spacial score (nSPS) is 10.7. The Hall–Kier alpha value is -2.54. The molecule has 0 atom stereocenters. The molecule has 26 heavy (non-hydrogen) atoms. The van der Waals surface area contributed by atoms with Crippen LogP contribution < -0.4 is 10.2 Å². The van der Waals surface area contributed by atoms with Crippen molar-refractivity contribution in [3.8, 4) is 6.01 Å². The molecule has 1 heterocycles. The summed E-state index contributed by atoms with van der Waals surface area (Å²) >= 11 is 3.43. The summed E-state index contributed by atoms with van der Waals surface area (Å²) in [7, 11) is 0. The number of aromatic nitrogens is 2. The Labute approximate surface area is 160 Å². The van der Waals surface area contributed by atoms with E-state index < -0.39 is 0 Å². The largest absolute Gasteiger partial charge is 0.464 e. The van der Waals surface area contributed by atoms with Gasteiger partial charge in [0.25, 0.3) is 0 Å². The summed E-state index contributed by atoms with van der Waals surface area (Å²) < 4.78 is 13.6. The lowest BCUT2D eigenvalue weighted by Gasteiger charge is -2.13. The van der Waals surface area contributed by atoms with Crippen molar-refractivity contribution in [1.29, 1.82) is 0 Å². The van der Waals surface area contributed by atoms with E-state index in [1.807, 2.05) is 37.3 Å². The number of hydrogen-bond acceptors (Lipinski definition) is 5. The zero-order valence-corrected chi connectivity index (χ0v) is 16.2. The molecule has 0 aliphatic rings. The van der Waals surface area contributed by atoms with E-state index in [0.717, 1.165) is 10.0 Å². The van der Waals surface area contributed by atoms with Gasteiger partial charge in [0.15, 0.2) is 0 Å². The second kappa shape index (κ2) is 8.23. The first-order valence-corrected chi connectivity index (χ1v) is 9.23. The van der Waals surface area contributed by atoms with Crippen LogP contribution in [0.25, 0.3) is 11.0 Å². The molecule has 0 spiro atoms. The van der Waals surface area contributed by atoms with E-state index in [9.17, 15) is 4.79 Å². The van der Waals surface area contributed by atoms with Crippen LogP contribution in [0, 0.1) is 0 Å². The van der Waals surface area contributed by atoms with Gasteiger partial charge in [-0.1, -0.05) is 34.1 Å². The number of carbonyl (C=O) groups excluding carboxylic acids is 1. The van der Waals surface area contributed by atoms with Crippen molar-refractivity contribution in [3.05, 3.63) is 58.1 Å². The number of hydrogen-bond donors (Lipinski definition) is 1. The molecule has 3 rings (SSSR count). The molecule has 0 aliphatic carbocycles. The number of nitrogens with one attached hydrogen (secondary N) is 1. The number of imidazole rings is 1. The van der Waals surface area contributed by atoms with Crippen molar-refractivity contribution in [3.63, 3.8) is 0 Å². The molecule has 0 saturated carbocycles. The molecule has 0 bridgehead atoms. The van der Waals surface area contributed by atoms with Crippen LogP contribution in [0.2, 0.25) is 0 Å². The molecule has 1 N–H and O–H groups in total. The summed E-state index contributed by atoms with van der Waals surface area (Å²) in [5.41, 5.74) is 6.15. The zero-order valence-electron chi connectivity index (χ0n) is 14.7. The predicted octanol–water partition coefficient (Wildman–Crippen LogP) is 4.12. The lowest BCUT2D eigenvalue weighted by Crippen LogP contribution is -2.18. The minimum atomic E-state index is -0.382. The van der Waals surface area contributed by atoms with Gasteiger partial charge in [-0.05, 0) is 43.7 Å². The summed E-state index contributed by atoms with van der Waals surface area (Å²) in [6.07, 6.45) is 0. The van der Waals surface area contributed by atoms with Crippen molar-refractivity contribution in [2.45, 2.75) is 20.4 Å². The molecule has 2 aromatic carbocycles. The second-order valence-corrected chi connectivity index (χ2v) is 6.43. The van der Waals surface area contributed by atoms with Crippen molar-refractivity contribution in [1.82, 2.24) is 9.66 Å². The smallest absolute Gasteiger partial charge is 0.340 e. The average Bonchev–Trinajstić information content (AvgIpc) is 2.99. The summed E-state index contributed by atoms with van der Waals surface area (Å²) in [5.74, 6) is -0.382.